The minimum Gasteiger partial charge on any atom is -0.494 e. The van der Waals surface area contributed by atoms with Gasteiger partial charge in [0, 0.05) is 38.3 Å². The average Bonchev–Trinajstić information content (AvgIpc) is 3.06. The number of para-hydroxylation sites is 1. The van der Waals surface area contributed by atoms with E-state index in [1.807, 2.05) is 36.4 Å². The molecule has 3 aromatic rings. The lowest BCUT2D eigenvalue weighted by Crippen LogP contribution is -2.46. The van der Waals surface area contributed by atoms with Gasteiger partial charge in [-0.1, -0.05) is 36.4 Å². The van der Waals surface area contributed by atoms with Gasteiger partial charge in [-0.05, 0) is 85.5 Å². The molecule has 3 aromatic carbocycles. The molecule has 2 N–H and O–H groups in total. The summed E-state index contributed by atoms with van der Waals surface area (Å²) in [4.78, 5) is 25.5. The van der Waals surface area contributed by atoms with Crippen LogP contribution in [0.3, 0.4) is 0 Å². The number of piperidine rings is 1. The second-order valence-corrected chi connectivity index (χ2v) is 11.8. The third-order valence-electron chi connectivity index (χ3n) is 8.59. The highest BCUT2D eigenvalue weighted by atomic mass is 19.1. The van der Waals surface area contributed by atoms with Crippen molar-refractivity contribution in [3.8, 4) is 11.5 Å². The zero-order valence-electron chi connectivity index (χ0n) is 26.3. The highest BCUT2D eigenvalue weighted by molar-refractivity contribution is 5.94. The summed E-state index contributed by atoms with van der Waals surface area (Å²) in [6.45, 7) is 2.18. The molecule has 2 aliphatic rings. The number of carboxylic acid groups (broad SMARTS) is 1. The standard InChI is InChI=1S/C36H43FN2O7/c1-43-20-6-9-32(27-11-10-26-14-17-35(40)38-31(26)23-27)46-34-24-39(36(41)42)19-18-29(34)25-12-15-28(16-13-25)44-21-4-5-22-45-33-8-3-2-7-30(33)37/h2-3,7-8,10-13,15-16,23,29,32,34H,4-6,9,14,17-22,24H2,1H3,(H,38,40)(H,41,42). The molecule has 2 aliphatic heterocycles. The first-order valence-corrected chi connectivity index (χ1v) is 16.1. The second kappa shape index (κ2) is 16.4. The largest absolute Gasteiger partial charge is 0.494 e. The summed E-state index contributed by atoms with van der Waals surface area (Å²) in [5.41, 5.74) is 3.93. The van der Waals surface area contributed by atoms with Crippen LogP contribution in [-0.4, -0.2) is 68.1 Å². The van der Waals surface area contributed by atoms with Crippen LogP contribution >= 0.6 is 0 Å². The van der Waals surface area contributed by atoms with Gasteiger partial charge in [0.15, 0.2) is 11.6 Å². The third-order valence-corrected chi connectivity index (χ3v) is 8.59. The van der Waals surface area contributed by atoms with Gasteiger partial charge in [0.2, 0.25) is 5.91 Å². The molecule has 0 saturated carbocycles. The summed E-state index contributed by atoms with van der Waals surface area (Å²) < 4.78 is 37.3. The molecule has 5 rings (SSSR count). The first-order valence-electron chi connectivity index (χ1n) is 16.1. The molecule has 2 heterocycles. The van der Waals surface area contributed by atoms with Crippen LogP contribution in [0, 0.1) is 5.82 Å². The van der Waals surface area contributed by atoms with Crippen LogP contribution in [0.1, 0.15) is 67.2 Å². The van der Waals surface area contributed by atoms with E-state index < -0.39 is 6.09 Å². The molecule has 0 spiro atoms. The first kappa shape index (κ1) is 33.2. The Labute approximate surface area is 269 Å². The van der Waals surface area contributed by atoms with Crippen molar-refractivity contribution in [2.24, 2.45) is 0 Å². The van der Waals surface area contributed by atoms with Crippen molar-refractivity contribution in [2.75, 3.05) is 45.3 Å². The number of halogens is 1. The quantitative estimate of drug-likeness (QED) is 0.174. The molecule has 2 amide bonds. The number of aryl methyl sites for hydroxylation is 1. The van der Waals surface area contributed by atoms with Gasteiger partial charge in [-0.15, -0.1) is 0 Å². The number of rotatable bonds is 15. The highest BCUT2D eigenvalue weighted by Crippen LogP contribution is 2.37. The minimum absolute atomic E-state index is 0.00660. The van der Waals surface area contributed by atoms with Crippen molar-refractivity contribution in [1.29, 1.82) is 0 Å². The Kier molecular flexibility index (Phi) is 11.9. The molecule has 3 unspecified atom stereocenters. The third kappa shape index (κ3) is 8.98. The number of nitrogens with zero attached hydrogens (tertiary/aromatic N) is 1. The van der Waals surface area contributed by atoms with Crippen LogP contribution in [0.4, 0.5) is 14.9 Å². The maximum atomic E-state index is 13.7. The van der Waals surface area contributed by atoms with E-state index in [2.05, 4.69) is 11.4 Å². The lowest BCUT2D eigenvalue weighted by molar-refractivity contribution is -0.116. The van der Waals surface area contributed by atoms with E-state index in [9.17, 15) is 19.1 Å². The molecule has 0 aromatic heterocycles. The lowest BCUT2D eigenvalue weighted by Gasteiger charge is -2.39. The Morgan fingerprint density at radius 3 is 2.54 bits per heavy atom. The number of benzene rings is 3. The summed E-state index contributed by atoms with van der Waals surface area (Å²) in [5, 5.41) is 12.8. The SMILES string of the molecule is COCCCC(OC1CN(C(=O)O)CCC1c1ccc(OCCCCOc2ccccc2F)cc1)c1ccc2c(c1)NC(=O)CC2. The van der Waals surface area contributed by atoms with E-state index in [1.54, 1.807) is 25.3 Å². The number of anilines is 1. The van der Waals surface area contributed by atoms with Gasteiger partial charge in [-0.25, -0.2) is 9.18 Å². The van der Waals surface area contributed by atoms with Crippen LogP contribution in [0.15, 0.2) is 66.7 Å². The number of nitrogens with one attached hydrogen (secondary N) is 1. The van der Waals surface area contributed by atoms with Crippen LogP contribution in [0.2, 0.25) is 0 Å². The van der Waals surface area contributed by atoms with E-state index in [4.69, 9.17) is 18.9 Å². The molecule has 10 heteroatoms. The van der Waals surface area contributed by atoms with Crippen LogP contribution < -0.4 is 14.8 Å². The summed E-state index contributed by atoms with van der Waals surface area (Å²) in [5.74, 6) is 0.630. The fourth-order valence-electron chi connectivity index (χ4n) is 6.09. The maximum absolute atomic E-state index is 13.7. The zero-order valence-corrected chi connectivity index (χ0v) is 26.3. The number of carbonyl (C=O) groups excluding carboxylic acids is 1. The molecule has 0 bridgehead atoms. The van der Waals surface area contributed by atoms with Crippen molar-refractivity contribution in [3.05, 3.63) is 89.2 Å². The van der Waals surface area contributed by atoms with Gasteiger partial charge in [0.05, 0.1) is 32.0 Å². The van der Waals surface area contributed by atoms with Crippen LogP contribution in [0.25, 0.3) is 0 Å². The average molecular weight is 635 g/mol. The number of fused-ring (bicyclic) bond motifs is 1. The van der Waals surface area contributed by atoms with Gasteiger partial charge < -0.3 is 34.3 Å². The topological polar surface area (TPSA) is 107 Å². The second-order valence-electron chi connectivity index (χ2n) is 11.8. The van der Waals surface area contributed by atoms with Crippen molar-refractivity contribution in [1.82, 2.24) is 4.90 Å². The predicted molar refractivity (Wildman–Crippen MR) is 172 cm³/mol. The van der Waals surface area contributed by atoms with E-state index in [-0.39, 0.29) is 42.1 Å². The molecular weight excluding hydrogens is 591 g/mol. The smallest absolute Gasteiger partial charge is 0.407 e. The fraction of sp³-hybridized carbons (Fsp3) is 0.444. The Hall–Kier alpha value is -4.15. The fourth-order valence-corrected chi connectivity index (χ4v) is 6.09. The summed E-state index contributed by atoms with van der Waals surface area (Å²) in [7, 11) is 1.67. The molecular formula is C36H43FN2O7. The van der Waals surface area contributed by atoms with Crippen molar-refractivity contribution in [3.63, 3.8) is 0 Å². The van der Waals surface area contributed by atoms with Crippen molar-refractivity contribution < 1.29 is 38.0 Å². The van der Waals surface area contributed by atoms with Gasteiger partial charge in [0.1, 0.15) is 5.75 Å². The van der Waals surface area contributed by atoms with Crippen LogP contribution in [-0.2, 0) is 20.7 Å². The van der Waals surface area contributed by atoms with E-state index in [0.717, 1.165) is 47.4 Å². The van der Waals surface area contributed by atoms with Gasteiger partial charge >= 0.3 is 6.09 Å². The normalized spacial score (nSPS) is 18.4. The number of hydrogen-bond donors (Lipinski definition) is 2. The number of unbranched alkanes of at least 4 members (excludes halogenated alkanes) is 1. The van der Waals surface area contributed by atoms with E-state index in [1.165, 1.54) is 11.0 Å². The maximum Gasteiger partial charge on any atom is 0.407 e. The van der Waals surface area contributed by atoms with Gasteiger partial charge in [-0.2, -0.15) is 0 Å². The Balaban J connectivity index is 1.22. The highest BCUT2D eigenvalue weighted by Gasteiger charge is 2.35. The van der Waals surface area contributed by atoms with Gasteiger partial charge in [0.25, 0.3) is 0 Å². The summed E-state index contributed by atoms with van der Waals surface area (Å²) >= 11 is 0. The molecule has 0 radical (unpaired) electrons. The summed E-state index contributed by atoms with van der Waals surface area (Å²) in [6.07, 6.45) is 3.14. The Morgan fingerprint density at radius 1 is 1.00 bits per heavy atom. The lowest BCUT2D eigenvalue weighted by atomic mass is 9.86. The molecule has 0 aliphatic carbocycles. The first-order chi connectivity index (χ1) is 22.4. The molecule has 1 saturated heterocycles. The zero-order chi connectivity index (χ0) is 32.3. The van der Waals surface area contributed by atoms with Gasteiger partial charge in [-0.3, -0.25) is 4.79 Å². The van der Waals surface area contributed by atoms with Crippen molar-refractivity contribution >= 4 is 17.7 Å². The predicted octanol–water partition coefficient (Wildman–Crippen LogP) is 6.97. The number of likely N-dealkylation sites (tertiary alicyclic amines) is 1. The molecule has 1 fully saturated rings. The number of amides is 2. The molecule has 46 heavy (non-hydrogen) atoms. The number of methoxy groups -OCH3 is 1. The Bertz CT molecular complexity index is 1450. The van der Waals surface area contributed by atoms with E-state index >= 15 is 0 Å². The number of ether oxygens (including phenoxy) is 4. The minimum atomic E-state index is -0.956. The Morgan fingerprint density at radius 2 is 1.78 bits per heavy atom. The number of hydrogen-bond acceptors (Lipinski definition) is 6. The monoisotopic (exact) mass is 634 g/mol. The molecule has 9 nitrogen and oxygen atoms in total. The number of carbonyl (C=O) groups is 2. The van der Waals surface area contributed by atoms with Crippen LogP contribution in [0.5, 0.6) is 11.5 Å². The summed E-state index contributed by atoms with van der Waals surface area (Å²) in [6, 6.07) is 20.4. The molecule has 246 valence electrons. The molecule has 3 atom stereocenters. The van der Waals surface area contributed by atoms with Crippen molar-refractivity contribution in [2.45, 2.75) is 63.1 Å². The van der Waals surface area contributed by atoms with E-state index in [0.29, 0.717) is 52.0 Å².